The van der Waals surface area contributed by atoms with Gasteiger partial charge in [-0.2, -0.15) is 0 Å². The minimum absolute atomic E-state index is 0.0276. The molecular formula is C19H18FN3O5S. The predicted octanol–water partition coefficient (Wildman–Crippen LogP) is 2.58. The molecule has 0 saturated carbocycles. The SMILES string of the molecule is CN(O)C(=O)CCc1nc(-c2ccc(F)cc2)c(-c2ccc(S(N)(=O)=O)cc2)o1. The highest BCUT2D eigenvalue weighted by Crippen LogP contribution is 2.33. The molecule has 152 valence electrons. The molecule has 1 amide bonds. The van der Waals surface area contributed by atoms with Gasteiger partial charge in [0.1, 0.15) is 11.5 Å². The van der Waals surface area contributed by atoms with Gasteiger partial charge in [-0.1, -0.05) is 0 Å². The zero-order chi connectivity index (χ0) is 21.2. The van der Waals surface area contributed by atoms with Crippen LogP contribution >= 0.6 is 0 Å². The van der Waals surface area contributed by atoms with Crippen molar-refractivity contribution in [2.75, 3.05) is 7.05 Å². The number of sulfonamides is 1. The van der Waals surface area contributed by atoms with Crippen LogP contribution in [0.25, 0.3) is 22.6 Å². The van der Waals surface area contributed by atoms with Gasteiger partial charge < -0.3 is 4.42 Å². The summed E-state index contributed by atoms with van der Waals surface area (Å²) in [6.07, 6.45) is 0.105. The number of aryl methyl sites for hydroxylation is 1. The Hall–Kier alpha value is -3.08. The van der Waals surface area contributed by atoms with E-state index in [0.29, 0.717) is 27.6 Å². The lowest BCUT2D eigenvalue weighted by atomic mass is 10.1. The number of hydroxylamine groups is 2. The number of aromatic nitrogens is 1. The normalized spacial score (nSPS) is 11.4. The molecule has 0 saturated heterocycles. The Bertz CT molecular complexity index is 1120. The van der Waals surface area contributed by atoms with E-state index in [1.54, 1.807) is 0 Å². The van der Waals surface area contributed by atoms with Crippen LogP contribution in [0, 0.1) is 5.82 Å². The van der Waals surface area contributed by atoms with E-state index in [9.17, 15) is 22.8 Å². The van der Waals surface area contributed by atoms with Crippen molar-refractivity contribution >= 4 is 15.9 Å². The van der Waals surface area contributed by atoms with Crippen LogP contribution < -0.4 is 5.14 Å². The fourth-order valence-electron chi connectivity index (χ4n) is 2.64. The first-order valence-electron chi connectivity index (χ1n) is 8.49. The third kappa shape index (κ3) is 4.86. The maximum atomic E-state index is 13.3. The number of oxazole rings is 1. The Labute approximate surface area is 166 Å². The Morgan fingerprint density at radius 2 is 1.72 bits per heavy atom. The standard InChI is InChI=1S/C19H18FN3O5S/c1-23(25)17(24)11-10-16-22-18(12-2-6-14(20)7-3-12)19(28-16)13-4-8-15(9-5-13)29(21,26)27/h2-9,25H,10-11H2,1H3,(H2,21,26,27). The van der Waals surface area contributed by atoms with Crippen molar-refractivity contribution < 1.29 is 27.2 Å². The fraction of sp³-hybridized carbons (Fsp3) is 0.158. The molecule has 0 aliphatic heterocycles. The van der Waals surface area contributed by atoms with Crippen LogP contribution in [0.15, 0.2) is 57.8 Å². The zero-order valence-electron chi connectivity index (χ0n) is 15.4. The van der Waals surface area contributed by atoms with Crippen LogP contribution in [-0.4, -0.2) is 36.6 Å². The fourth-order valence-corrected chi connectivity index (χ4v) is 3.16. The van der Waals surface area contributed by atoms with Crippen molar-refractivity contribution in [1.29, 1.82) is 0 Å². The Morgan fingerprint density at radius 1 is 1.14 bits per heavy atom. The lowest BCUT2D eigenvalue weighted by Gasteiger charge is -2.06. The van der Waals surface area contributed by atoms with Gasteiger partial charge in [-0.15, -0.1) is 0 Å². The van der Waals surface area contributed by atoms with Crippen molar-refractivity contribution in [3.63, 3.8) is 0 Å². The first-order valence-corrected chi connectivity index (χ1v) is 10.0. The number of carbonyl (C=O) groups is 1. The van der Waals surface area contributed by atoms with Crippen LogP contribution in [0.3, 0.4) is 0 Å². The molecule has 0 atom stereocenters. The molecule has 3 aromatic rings. The summed E-state index contributed by atoms with van der Waals surface area (Å²) < 4.78 is 42.0. The van der Waals surface area contributed by atoms with Gasteiger partial charge >= 0.3 is 0 Å². The van der Waals surface area contributed by atoms with Gasteiger partial charge in [0, 0.05) is 31.0 Å². The molecule has 0 aliphatic rings. The van der Waals surface area contributed by atoms with E-state index < -0.39 is 21.7 Å². The number of carbonyl (C=O) groups excluding carboxylic acids is 1. The second kappa shape index (κ2) is 8.11. The molecule has 1 heterocycles. The number of rotatable bonds is 6. The van der Waals surface area contributed by atoms with Crippen LogP contribution in [0.2, 0.25) is 0 Å². The molecule has 0 spiro atoms. The number of primary sulfonamides is 1. The average molecular weight is 419 g/mol. The first kappa shape index (κ1) is 20.6. The molecule has 1 aromatic heterocycles. The summed E-state index contributed by atoms with van der Waals surface area (Å²) in [6.45, 7) is 0. The van der Waals surface area contributed by atoms with E-state index in [1.165, 1.54) is 55.6 Å². The smallest absolute Gasteiger partial charge is 0.246 e. The first-order chi connectivity index (χ1) is 13.6. The van der Waals surface area contributed by atoms with Gasteiger partial charge in [0.2, 0.25) is 15.9 Å². The van der Waals surface area contributed by atoms with Crippen LogP contribution in [-0.2, 0) is 21.2 Å². The van der Waals surface area contributed by atoms with Crippen LogP contribution in [0.1, 0.15) is 12.3 Å². The summed E-state index contributed by atoms with van der Waals surface area (Å²) in [7, 11) is -2.62. The maximum Gasteiger partial charge on any atom is 0.246 e. The second-order valence-electron chi connectivity index (χ2n) is 6.28. The number of hydrogen-bond donors (Lipinski definition) is 2. The van der Waals surface area contributed by atoms with E-state index >= 15 is 0 Å². The quantitative estimate of drug-likeness (QED) is 0.467. The Morgan fingerprint density at radius 3 is 2.28 bits per heavy atom. The lowest BCUT2D eigenvalue weighted by Crippen LogP contribution is -2.22. The second-order valence-corrected chi connectivity index (χ2v) is 7.84. The number of nitrogens with two attached hydrogens (primary N) is 1. The number of nitrogens with zero attached hydrogens (tertiary/aromatic N) is 2. The van der Waals surface area contributed by atoms with E-state index in [0.717, 1.165) is 0 Å². The van der Waals surface area contributed by atoms with Gasteiger partial charge in [0.05, 0.1) is 4.90 Å². The molecule has 10 heteroatoms. The molecule has 29 heavy (non-hydrogen) atoms. The highest BCUT2D eigenvalue weighted by molar-refractivity contribution is 7.89. The maximum absolute atomic E-state index is 13.3. The lowest BCUT2D eigenvalue weighted by molar-refractivity contribution is -0.159. The monoisotopic (exact) mass is 419 g/mol. The summed E-state index contributed by atoms with van der Waals surface area (Å²) in [4.78, 5) is 16.0. The summed E-state index contributed by atoms with van der Waals surface area (Å²) in [5, 5.41) is 14.8. The summed E-state index contributed by atoms with van der Waals surface area (Å²) in [6, 6.07) is 11.3. The minimum atomic E-state index is -3.84. The van der Waals surface area contributed by atoms with E-state index in [4.69, 9.17) is 9.56 Å². The third-order valence-electron chi connectivity index (χ3n) is 4.15. The molecular weight excluding hydrogens is 401 g/mol. The van der Waals surface area contributed by atoms with Crippen LogP contribution in [0.5, 0.6) is 0 Å². The number of amides is 1. The molecule has 0 unspecified atom stereocenters. The molecule has 8 nitrogen and oxygen atoms in total. The van der Waals surface area contributed by atoms with Crippen molar-refractivity contribution in [3.05, 3.63) is 60.2 Å². The molecule has 0 fully saturated rings. The van der Waals surface area contributed by atoms with Gasteiger partial charge in [-0.3, -0.25) is 10.0 Å². The van der Waals surface area contributed by atoms with Crippen molar-refractivity contribution in [3.8, 4) is 22.6 Å². The Balaban J connectivity index is 2.01. The van der Waals surface area contributed by atoms with Crippen molar-refractivity contribution in [1.82, 2.24) is 10.0 Å². The molecule has 2 aromatic carbocycles. The topological polar surface area (TPSA) is 127 Å². The minimum Gasteiger partial charge on any atom is -0.440 e. The third-order valence-corrected chi connectivity index (χ3v) is 5.08. The zero-order valence-corrected chi connectivity index (χ0v) is 16.2. The number of halogens is 1. The van der Waals surface area contributed by atoms with Gasteiger partial charge in [-0.25, -0.2) is 28.0 Å². The van der Waals surface area contributed by atoms with Gasteiger partial charge in [0.25, 0.3) is 0 Å². The van der Waals surface area contributed by atoms with Crippen molar-refractivity contribution in [2.45, 2.75) is 17.7 Å². The number of benzene rings is 2. The van der Waals surface area contributed by atoms with Crippen molar-refractivity contribution in [2.24, 2.45) is 5.14 Å². The molecule has 0 bridgehead atoms. The summed E-state index contributed by atoms with van der Waals surface area (Å²) >= 11 is 0. The Kier molecular flexibility index (Phi) is 5.78. The average Bonchev–Trinajstić information content (AvgIpc) is 3.10. The van der Waals surface area contributed by atoms with Gasteiger partial charge in [0.15, 0.2) is 11.7 Å². The number of hydrogen-bond acceptors (Lipinski definition) is 6. The van der Waals surface area contributed by atoms with Gasteiger partial charge in [-0.05, 0) is 48.5 Å². The van der Waals surface area contributed by atoms with Crippen LogP contribution in [0.4, 0.5) is 4.39 Å². The molecule has 3 N–H and O–H groups in total. The van der Waals surface area contributed by atoms with E-state index in [-0.39, 0.29) is 23.6 Å². The predicted molar refractivity (Wildman–Crippen MR) is 102 cm³/mol. The highest BCUT2D eigenvalue weighted by Gasteiger charge is 2.19. The summed E-state index contributed by atoms with van der Waals surface area (Å²) in [5.74, 6) is -0.346. The van der Waals surface area contributed by atoms with E-state index in [2.05, 4.69) is 4.98 Å². The summed E-state index contributed by atoms with van der Waals surface area (Å²) in [5.41, 5.74) is 1.52. The van der Waals surface area contributed by atoms with E-state index in [1.807, 2.05) is 0 Å². The largest absolute Gasteiger partial charge is 0.440 e. The molecule has 0 radical (unpaired) electrons. The highest BCUT2D eigenvalue weighted by atomic mass is 32.2. The molecule has 3 rings (SSSR count). The molecule has 0 aliphatic carbocycles.